The number of carboxylic acid groups (broad SMARTS) is 2. The van der Waals surface area contributed by atoms with Crippen LogP contribution in [0.5, 0.6) is 0 Å². The van der Waals surface area contributed by atoms with Crippen LogP contribution in [0.15, 0.2) is 77.7 Å². The van der Waals surface area contributed by atoms with E-state index >= 15 is 0 Å². The number of carbonyl (C=O) groups is 4. The van der Waals surface area contributed by atoms with Gasteiger partial charge in [0, 0.05) is 60.5 Å². The number of aryl methyl sites for hydroxylation is 1. The number of aromatic nitrogens is 2. The zero-order valence-corrected chi connectivity index (χ0v) is 22.6. The highest BCUT2D eigenvalue weighted by atomic mass is 16.6. The topological polar surface area (TPSA) is 200 Å². The molecule has 14 nitrogen and oxygen atoms in total. The first-order chi connectivity index (χ1) is 19.5. The molecule has 0 amide bonds. The molecule has 3 rings (SSSR count). The van der Waals surface area contributed by atoms with Gasteiger partial charge in [0.25, 0.3) is 5.69 Å². The van der Waals surface area contributed by atoms with Crippen LogP contribution < -0.4 is 5.32 Å². The molecular formula is C27H30N4O10. The molecule has 1 atom stereocenters. The van der Waals surface area contributed by atoms with Crippen molar-refractivity contribution in [1.82, 2.24) is 14.9 Å². The number of nitrogens with zero attached hydrogens (tertiary/aromatic N) is 3. The maximum Gasteiger partial charge on any atom is 0.336 e. The van der Waals surface area contributed by atoms with E-state index in [9.17, 15) is 29.3 Å². The Hall–Kier alpha value is -5.27. The van der Waals surface area contributed by atoms with Gasteiger partial charge < -0.3 is 29.6 Å². The molecule has 2 aromatic rings. The molecule has 14 heteroatoms. The summed E-state index contributed by atoms with van der Waals surface area (Å²) < 4.78 is 12.4. The Balaban J connectivity index is 0.000000642. The number of rotatable bonds is 11. The minimum atomic E-state index is -1.26. The number of carboxylic acids is 2. The van der Waals surface area contributed by atoms with Crippen molar-refractivity contribution in [3.63, 3.8) is 0 Å². The van der Waals surface area contributed by atoms with Crippen LogP contribution in [0.4, 0.5) is 5.69 Å². The van der Waals surface area contributed by atoms with Crippen LogP contribution in [0.2, 0.25) is 0 Å². The molecule has 0 bridgehead atoms. The summed E-state index contributed by atoms with van der Waals surface area (Å²) in [5.41, 5.74) is 1.30. The van der Waals surface area contributed by atoms with E-state index in [0.717, 1.165) is 0 Å². The smallest absolute Gasteiger partial charge is 0.336 e. The summed E-state index contributed by atoms with van der Waals surface area (Å²) in [6, 6.07) is 6.07. The van der Waals surface area contributed by atoms with E-state index < -0.39 is 34.7 Å². The Morgan fingerprint density at radius 2 is 1.63 bits per heavy atom. The minimum Gasteiger partial charge on any atom is -0.478 e. The number of para-hydroxylation sites is 1. The van der Waals surface area contributed by atoms with Crippen LogP contribution in [0.3, 0.4) is 0 Å². The van der Waals surface area contributed by atoms with Crippen LogP contribution in [-0.4, -0.2) is 61.8 Å². The van der Waals surface area contributed by atoms with Crippen LogP contribution in [0, 0.1) is 10.1 Å². The molecule has 1 aliphatic heterocycles. The minimum absolute atomic E-state index is 0.109. The largest absolute Gasteiger partial charge is 0.478 e. The lowest BCUT2D eigenvalue weighted by Gasteiger charge is -2.31. The summed E-state index contributed by atoms with van der Waals surface area (Å²) in [7, 11) is 0. The molecule has 1 aromatic carbocycles. The maximum absolute atomic E-state index is 13.2. The van der Waals surface area contributed by atoms with E-state index in [4.69, 9.17) is 19.7 Å². The van der Waals surface area contributed by atoms with Gasteiger partial charge in [-0.3, -0.25) is 10.1 Å². The Morgan fingerprint density at radius 3 is 2.15 bits per heavy atom. The third kappa shape index (κ3) is 8.88. The summed E-state index contributed by atoms with van der Waals surface area (Å²) in [6.07, 6.45) is 6.59. The van der Waals surface area contributed by atoms with E-state index in [0.29, 0.717) is 36.5 Å². The lowest BCUT2D eigenvalue weighted by Crippen LogP contribution is -2.34. The van der Waals surface area contributed by atoms with Crippen LogP contribution in [0.1, 0.15) is 38.7 Å². The van der Waals surface area contributed by atoms with Crippen LogP contribution in [0.25, 0.3) is 0 Å². The molecule has 0 radical (unpaired) electrons. The molecule has 1 unspecified atom stereocenters. The number of dihydropyridines is 1. The predicted molar refractivity (Wildman–Crippen MR) is 143 cm³/mol. The standard InChI is InChI=1S/C23H26N4O6.C4H4O4/c1-4-32-22(28)19-15(3)25-17(10-12-26-13-11-24-14-26)21(23(29)33-5-2)20(19)16-8-6-7-9-18(16)27(30)31;5-3(6)1-2-4(7)8/h6-9,11,13-14,20,25H,4-5,10,12H2,1-3H3;1-2H,(H,5,6)(H,7,8)/b;2-1-. The van der Waals surface area contributed by atoms with Gasteiger partial charge in [0.2, 0.25) is 0 Å². The highest BCUT2D eigenvalue weighted by Crippen LogP contribution is 2.43. The van der Waals surface area contributed by atoms with E-state index in [1.807, 2.05) is 4.57 Å². The van der Waals surface area contributed by atoms with Gasteiger partial charge in [-0.25, -0.2) is 24.2 Å². The first kappa shape index (κ1) is 31.9. The third-order valence-electron chi connectivity index (χ3n) is 5.63. The predicted octanol–water partition coefficient (Wildman–Crippen LogP) is 2.93. The highest BCUT2D eigenvalue weighted by Gasteiger charge is 2.41. The van der Waals surface area contributed by atoms with Crippen molar-refractivity contribution in [2.24, 2.45) is 0 Å². The molecule has 0 fully saturated rings. The van der Waals surface area contributed by atoms with Gasteiger partial charge in [0.15, 0.2) is 0 Å². The maximum atomic E-state index is 13.2. The molecular weight excluding hydrogens is 540 g/mol. The second-order valence-corrected chi connectivity index (χ2v) is 8.31. The van der Waals surface area contributed by atoms with Crippen molar-refractivity contribution < 1.29 is 43.8 Å². The second-order valence-electron chi connectivity index (χ2n) is 8.31. The van der Waals surface area contributed by atoms with E-state index in [1.54, 1.807) is 51.6 Å². The third-order valence-corrected chi connectivity index (χ3v) is 5.63. The molecule has 1 aliphatic rings. The Kier molecular flexibility index (Phi) is 12.0. The average molecular weight is 571 g/mol. The van der Waals surface area contributed by atoms with Crippen molar-refractivity contribution in [2.45, 2.75) is 39.7 Å². The van der Waals surface area contributed by atoms with Gasteiger partial charge in [-0.1, -0.05) is 18.2 Å². The Labute approximate surface area is 234 Å². The number of allylic oxidation sites excluding steroid dienone is 2. The number of esters is 2. The quantitative estimate of drug-likeness (QED) is 0.155. The molecule has 0 saturated carbocycles. The molecule has 41 heavy (non-hydrogen) atoms. The van der Waals surface area contributed by atoms with E-state index in [2.05, 4.69) is 10.3 Å². The molecule has 2 heterocycles. The van der Waals surface area contributed by atoms with Crippen molar-refractivity contribution in [1.29, 1.82) is 0 Å². The monoisotopic (exact) mass is 570 g/mol. The number of hydrogen-bond donors (Lipinski definition) is 3. The lowest BCUT2D eigenvalue weighted by molar-refractivity contribution is -0.385. The number of nitro groups is 1. The van der Waals surface area contributed by atoms with Crippen LogP contribution in [-0.2, 0) is 35.2 Å². The lowest BCUT2D eigenvalue weighted by atomic mass is 9.79. The summed E-state index contributed by atoms with van der Waals surface area (Å²) in [5, 5.41) is 30.6. The van der Waals surface area contributed by atoms with Gasteiger partial charge in [-0.15, -0.1) is 0 Å². The molecule has 3 N–H and O–H groups in total. The number of carbonyl (C=O) groups excluding carboxylic acids is 2. The molecule has 0 spiro atoms. The zero-order chi connectivity index (χ0) is 30.5. The van der Waals surface area contributed by atoms with Gasteiger partial charge in [0.1, 0.15) is 0 Å². The summed E-state index contributed by atoms with van der Waals surface area (Å²) in [4.78, 5) is 60.6. The number of ether oxygens (including phenoxy) is 2. The molecule has 218 valence electrons. The second kappa shape index (κ2) is 15.4. The van der Waals surface area contributed by atoms with E-state index in [-0.39, 0.29) is 35.6 Å². The number of nitro benzene ring substituents is 1. The summed E-state index contributed by atoms with van der Waals surface area (Å²) in [6.45, 7) is 5.75. The molecule has 0 saturated heterocycles. The van der Waals surface area contributed by atoms with Crippen molar-refractivity contribution in [3.8, 4) is 0 Å². The average Bonchev–Trinajstić information content (AvgIpc) is 3.44. The van der Waals surface area contributed by atoms with Crippen molar-refractivity contribution in [2.75, 3.05) is 13.2 Å². The highest BCUT2D eigenvalue weighted by molar-refractivity contribution is 6.00. The van der Waals surface area contributed by atoms with Crippen molar-refractivity contribution >= 4 is 29.6 Å². The van der Waals surface area contributed by atoms with Gasteiger partial charge in [-0.2, -0.15) is 0 Å². The Bertz CT molecular complexity index is 1360. The van der Waals surface area contributed by atoms with Gasteiger partial charge >= 0.3 is 23.9 Å². The summed E-state index contributed by atoms with van der Waals surface area (Å²) >= 11 is 0. The fourth-order valence-corrected chi connectivity index (χ4v) is 4.03. The first-order valence-electron chi connectivity index (χ1n) is 12.4. The Morgan fingerprint density at radius 1 is 1.05 bits per heavy atom. The SMILES string of the molecule is CCOC(=O)C1=C(C)NC(CCn2ccnc2)=C(C(=O)OCC)C1c1ccccc1[N+](=O)[O-].O=C(O)/C=C\C(=O)O. The summed E-state index contributed by atoms with van der Waals surface area (Å²) in [5.74, 6) is -4.84. The number of benzene rings is 1. The number of imidazole rings is 1. The fraction of sp³-hybridized carbons (Fsp3) is 0.296. The van der Waals surface area contributed by atoms with Gasteiger partial charge in [-0.05, 0) is 20.8 Å². The fourth-order valence-electron chi connectivity index (χ4n) is 4.03. The number of hydrogen-bond acceptors (Lipinski definition) is 10. The molecule has 0 aliphatic carbocycles. The zero-order valence-electron chi connectivity index (χ0n) is 22.6. The number of nitrogens with one attached hydrogen (secondary N) is 1. The normalized spacial score (nSPS) is 14.6. The van der Waals surface area contributed by atoms with E-state index in [1.165, 1.54) is 12.1 Å². The van der Waals surface area contributed by atoms with Crippen molar-refractivity contribution in [3.05, 3.63) is 93.4 Å². The van der Waals surface area contributed by atoms with Gasteiger partial charge in [0.05, 0.1) is 41.5 Å². The van der Waals surface area contributed by atoms with Crippen LogP contribution >= 0.6 is 0 Å². The first-order valence-corrected chi connectivity index (χ1v) is 12.4. The number of aliphatic carboxylic acids is 2. The molecule has 1 aromatic heterocycles.